The Morgan fingerprint density at radius 1 is 0.793 bits per heavy atom. The van der Waals surface area contributed by atoms with Crippen LogP contribution in [0.3, 0.4) is 0 Å². The molecule has 0 rings (SSSR count). The van der Waals surface area contributed by atoms with E-state index in [2.05, 4.69) is 39.0 Å². The molecule has 29 heavy (non-hydrogen) atoms. The molecule has 0 saturated heterocycles. The lowest BCUT2D eigenvalue weighted by Crippen LogP contribution is -2.21. The minimum atomic E-state index is -2.10. The van der Waals surface area contributed by atoms with Crippen LogP contribution < -0.4 is 10.6 Å². The molecule has 0 fully saturated rings. The van der Waals surface area contributed by atoms with Crippen LogP contribution >= 0.6 is 32.1 Å². The second-order valence-electron chi connectivity index (χ2n) is 5.88. The third-order valence-corrected chi connectivity index (χ3v) is 5.32. The van der Waals surface area contributed by atoms with Crippen LogP contribution in [-0.2, 0) is 4.52 Å². The lowest BCUT2D eigenvalue weighted by Gasteiger charge is -2.05. The van der Waals surface area contributed by atoms with Crippen LogP contribution in [-0.4, -0.2) is 66.9 Å². The van der Waals surface area contributed by atoms with Crippen molar-refractivity contribution in [1.82, 2.24) is 10.6 Å². The number of nitrogens with one attached hydrogen (secondary N) is 2. The Balaban J connectivity index is -0.000000380. The molecular formula is C19H45N4O3PS2. The van der Waals surface area contributed by atoms with E-state index in [1.54, 1.807) is 23.5 Å². The molecule has 0 radical (unpaired) electrons. The third-order valence-electron chi connectivity index (χ3n) is 3.57. The van der Waals surface area contributed by atoms with E-state index in [1.807, 2.05) is 26.6 Å². The summed E-state index contributed by atoms with van der Waals surface area (Å²) in [6, 6.07) is 0. The second-order valence-corrected chi connectivity index (χ2v) is 8.34. The van der Waals surface area contributed by atoms with Gasteiger partial charge >= 0.3 is 8.60 Å². The fourth-order valence-electron chi connectivity index (χ4n) is 1.98. The van der Waals surface area contributed by atoms with Gasteiger partial charge in [0, 0.05) is 34.3 Å². The molecule has 0 aliphatic carbocycles. The lowest BCUT2D eigenvalue weighted by atomic mass is 10.2. The minimum Gasteiger partial charge on any atom is -0.365 e. The summed E-state index contributed by atoms with van der Waals surface area (Å²) in [7, 11) is 2.78. The van der Waals surface area contributed by atoms with Crippen molar-refractivity contribution in [2.75, 3.05) is 46.8 Å². The topological polar surface area (TPSA) is 98.5 Å². The first-order chi connectivity index (χ1) is 14.0. The highest BCUT2D eigenvalue weighted by molar-refractivity contribution is 8.13. The number of hydrogen-bond acceptors (Lipinski definition) is 7. The maximum absolute atomic E-state index is 7.76. The molecule has 0 unspecified atom stereocenters. The summed E-state index contributed by atoms with van der Waals surface area (Å²) in [5, 5.41) is 8.68. The van der Waals surface area contributed by atoms with Gasteiger partial charge in [-0.1, -0.05) is 75.9 Å². The SMILES string of the molecule is CCCCCCNC(=NC)SC.CCCCCCNC(=NC)SC.COP(O)O. The van der Waals surface area contributed by atoms with Gasteiger partial charge in [-0.05, 0) is 25.4 Å². The van der Waals surface area contributed by atoms with E-state index in [9.17, 15) is 0 Å². The smallest absolute Gasteiger partial charge is 0.326 e. The van der Waals surface area contributed by atoms with Crippen LogP contribution in [0.15, 0.2) is 9.98 Å². The van der Waals surface area contributed by atoms with Gasteiger partial charge in [0.1, 0.15) is 0 Å². The molecule has 0 aromatic heterocycles. The van der Waals surface area contributed by atoms with Crippen LogP contribution in [0.2, 0.25) is 0 Å². The number of nitrogens with zero attached hydrogens (tertiary/aromatic N) is 2. The highest BCUT2D eigenvalue weighted by atomic mass is 32.2. The summed E-state index contributed by atoms with van der Waals surface area (Å²) >= 11 is 3.35. The van der Waals surface area contributed by atoms with Crippen molar-refractivity contribution in [2.45, 2.75) is 65.2 Å². The number of thioether (sulfide) groups is 2. The minimum absolute atomic E-state index is 1.05. The van der Waals surface area contributed by atoms with Crippen LogP contribution in [0.1, 0.15) is 65.2 Å². The monoisotopic (exact) mass is 472 g/mol. The normalized spacial score (nSPS) is 11.4. The summed E-state index contributed by atoms with van der Waals surface area (Å²) in [5.74, 6) is 0. The van der Waals surface area contributed by atoms with Crippen molar-refractivity contribution in [3.05, 3.63) is 0 Å². The van der Waals surface area contributed by atoms with Gasteiger partial charge in [-0.25, -0.2) is 0 Å². The van der Waals surface area contributed by atoms with Gasteiger partial charge in [-0.15, -0.1) is 0 Å². The van der Waals surface area contributed by atoms with Crippen molar-refractivity contribution in [2.24, 2.45) is 9.98 Å². The Morgan fingerprint density at radius 3 is 1.34 bits per heavy atom. The zero-order valence-electron chi connectivity index (χ0n) is 19.5. The van der Waals surface area contributed by atoms with Crippen LogP contribution in [0.5, 0.6) is 0 Å². The van der Waals surface area contributed by atoms with E-state index in [0.29, 0.717) is 0 Å². The molecule has 10 heteroatoms. The number of hydrogen-bond donors (Lipinski definition) is 4. The Hall–Kier alpha value is -0.0500. The summed E-state index contributed by atoms with van der Waals surface area (Å²) in [5.41, 5.74) is 0. The molecule has 0 saturated carbocycles. The largest absolute Gasteiger partial charge is 0.365 e. The Kier molecular flexibility index (Phi) is 34.9. The molecule has 0 amide bonds. The number of rotatable bonds is 11. The van der Waals surface area contributed by atoms with Crippen LogP contribution in [0.25, 0.3) is 0 Å². The third kappa shape index (κ3) is 32.8. The molecule has 176 valence electrons. The Bertz CT molecular complexity index is 347. The predicted molar refractivity (Wildman–Crippen MR) is 136 cm³/mol. The molecular weight excluding hydrogens is 427 g/mol. The van der Waals surface area contributed by atoms with Gasteiger partial charge in [0.2, 0.25) is 0 Å². The number of unbranched alkanes of at least 4 members (excludes halogenated alkanes) is 6. The molecule has 0 aliphatic rings. The summed E-state index contributed by atoms with van der Waals surface area (Å²) < 4.78 is 3.93. The van der Waals surface area contributed by atoms with Crippen LogP contribution in [0, 0.1) is 0 Å². The Morgan fingerprint density at radius 2 is 1.14 bits per heavy atom. The van der Waals surface area contributed by atoms with Gasteiger partial charge in [0.15, 0.2) is 10.3 Å². The summed E-state index contributed by atoms with van der Waals surface area (Å²) in [4.78, 5) is 23.7. The second kappa shape index (κ2) is 30.1. The summed E-state index contributed by atoms with van der Waals surface area (Å²) in [6.45, 7) is 6.59. The van der Waals surface area contributed by atoms with E-state index in [-0.39, 0.29) is 0 Å². The fourth-order valence-corrected chi connectivity index (χ4v) is 2.84. The van der Waals surface area contributed by atoms with E-state index in [1.165, 1.54) is 58.5 Å². The fraction of sp³-hybridized carbons (Fsp3) is 0.895. The molecule has 0 bridgehead atoms. The van der Waals surface area contributed by atoms with Gasteiger partial charge in [0.05, 0.1) is 0 Å². The first-order valence-electron chi connectivity index (χ1n) is 10.2. The quantitative estimate of drug-likeness (QED) is 0.148. The van der Waals surface area contributed by atoms with E-state index in [4.69, 9.17) is 9.79 Å². The molecule has 0 aliphatic heterocycles. The van der Waals surface area contributed by atoms with Crippen LogP contribution in [0.4, 0.5) is 0 Å². The van der Waals surface area contributed by atoms with Gasteiger partial charge in [-0.2, -0.15) is 0 Å². The van der Waals surface area contributed by atoms with E-state index >= 15 is 0 Å². The van der Waals surface area contributed by atoms with Gasteiger partial charge < -0.3 is 24.9 Å². The van der Waals surface area contributed by atoms with Crippen molar-refractivity contribution in [3.8, 4) is 0 Å². The predicted octanol–water partition coefficient (Wildman–Crippen LogP) is 4.85. The van der Waals surface area contributed by atoms with Crippen molar-refractivity contribution in [3.63, 3.8) is 0 Å². The maximum Gasteiger partial charge on any atom is 0.326 e. The first-order valence-corrected chi connectivity index (χ1v) is 13.8. The standard InChI is InChI=1S/2C9H20N2S.CH5O3P/c2*1-4-5-6-7-8-11-9(10-2)12-3;1-4-5(2)3/h2*4-8H2,1-3H3,(H,10,11);2-3H,1H3. The zero-order valence-corrected chi connectivity index (χ0v) is 22.1. The number of amidine groups is 2. The molecule has 0 spiro atoms. The molecule has 4 N–H and O–H groups in total. The maximum atomic E-state index is 7.76. The van der Waals surface area contributed by atoms with Crippen molar-refractivity contribution in [1.29, 1.82) is 0 Å². The number of aliphatic imine (C=N–C) groups is 2. The molecule has 7 nitrogen and oxygen atoms in total. The van der Waals surface area contributed by atoms with E-state index in [0.717, 1.165) is 23.4 Å². The van der Waals surface area contributed by atoms with Crippen molar-refractivity contribution >= 4 is 42.5 Å². The molecule has 0 heterocycles. The highest BCUT2D eigenvalue weighted by Gasteiger charge is 1.93. The van der Waals surface area contributed by atoms with Gasteiger partial charge in [-0.3, -0.25) is 9.98 Å². The average molecular weight is 473 g/mol. The Labute approximate surface area is 189 Å². The van der Waals surface area contributed by atoms with Crippen molar-refractivity contribution < 1.29 is 14.3 Å². The zero-order chi connectivity index (χ0) is 22.8. The summed E-state index contributed by atoms with van der Waals surface area (Å²) in [6.07, 6.45) is 14.6. The molecule has 0 aromatic rings. The van der Waals surface area contributed by atoms with Gasteiger partial charge in [0.25, 0.3) is 0 Å². The highest BCUT2D eigenvalue weighted by Crippen LogP contribution is 2.20. The molecule has 0 atom stereocenters. The molecule has 0 aromatic carbocycles. The lowest BCUT2D eigenvalue weighted by molar-refractivity contribution is 0.310. The first kappa shape index (κ1) is 33.6. The average Bonchev–Trinajstić information content (AvgIpc) is 2.74. The van der Waals surface area contributed by atoms with E-state index < -0.39 is 8.60 Å².